The molecular weight excluding hydrogens is 160 g/mol. The summed E-state index contributed by atoms with van der Waals surface area (Å²) in [6, 6.07) is -0.0752. The average Bonchev–Trinajstić information content (AvgIpc) is 2.04. The molecule has 5 nitrogen and oxygen atoms in total. The number of amides is 1. The number of methoxy groups -OCH3 is 1. The van der Waals surface area contributed by atoms with Crippen LogP contribution in [0.15, 0.2) is 0 Å². The third kappa shape index (κ3) is 2.35. The minimum Gasteiger partial charge on any atom is -0.465 e. The molecule has 70 valence electrons. The van der Waals surface area contributed by atoms with Gasteiger partial charge in [-0.1, -0.05) is 0 Å². The second-order valence-electron chi connectivity index (χ2n) is 2.82. The molecule has 1 amide bonds. The van der Waals surface area contributed by atoms with Crippen molar-refractivity contribution in [2.75, 3.05) is 20.2 Å². The Morgan fingerprint density at radius 3 is 3.08 bits per heavy atom. The van der Waals surface area contributed by atoms with Gasteiger partial charge in [0.15, 0.2) is 0 Å². The summed E-state index contributed by atoms with van der Waals surface area (Å²) in [7, 11) is 1.59. The van der Waals surface area contributed by atoms with E-state index in [1.165, 1.54) is 0 Å². The van der Waals surface area contributed by atoms with Crippen molar-refractivity contribution in [3.8, 4) is 0 Å². The van der Waals surface area contributed by atoms with Gasteiger partial charge in [-0.05, 0) is 13.0 Å². The van der Waals surface area contributed by atoms with Crippen molar-refractivity contribution in [1.82, 2.24) is 10.6 Å². The second kappa shape index (κ2) is 4.27. The quantitative estimate of drug-likeness (QED) is 0.534. The van der Waals surface area contributed by atoms with Gasteiger partial charge < -0.3 is 20.5 Å². The summed E-state index contributed by atoms with van der Waals surface area (Å²) in [5, 5.41) is 14.1. The highest BCUT2D eigenvalue weighted by Crippen LogP contribution is 2.06. The van der Waals surface area contributed by atoms with Crippen molar-refractivity contribution in [2.24, 2.45) is 0 Å². The molecule has 0 bridgehead atoms. The predicted molar refractivity (Wildman–Crippen MR) is 43.2 cm³/mol. The van der Waals surface area contributed by atoms with Crippen molar-refractivity contribution in [1.29, 1.82) is 0 Å². The van der Waals surface area contributed by atoms with Gasteiger partial charge in [0.25, 0.3) is 0 Å². The van der Waals surface area contributed by atoms with E-state index in [-0.39, 0.29) is 12.1 Å². The summed E-state index contributed by atoms with van der Waals surface area (Å²) < 4.78 is 5.12. The molecule has 0 aromatic heterocycles. The van der Waals surface area contributed by atoms with Gasteiger partial charge in [-0.15, -0.1) is 0 Å². The van der Waals surface area contributed by atoms with E-state index in [2.05, 4.69) is 10.6 Å². The van der Waals surface area contributed by atoms with Gasteiger partial charge in [-0.2, -0.15) is 0 Å². The van der Waals surface area contributed by atoms with Crippen molar-refractivity contribution in [3.63, 3.8) is 0 Å². The Hall–Kier alpha value is -0.810. The monoisotopic (exact) mass is 174 g/mol. The number of carboxylic acid groups (broad SMARTS) is 1. The zero-order valence-electron chi connectivity index (χ0n) is 7.04. The lowest BCUT2D eigenvalue weighted by molar-refractivity contribution is 0.0517. The van der Waals surface area contributed by atoms with Crippen LogP contribution in [-0.4, -0.2) is 43.5 Å². The number of hydrogen-bond acceptors (Lipinski definition) is 3. The third-order valence-electron chi connectivity index (χ3n) is 2.04. The maximum absolute atomic E-state index is 10.3. The van der Waals surface area contributed by atoms with Crippen LogP contribution in [0.25, 0.3) is 0 Å². The van der Waals surface area contributed by atoms with Crippen LogP contribution in [0.2, 0.25) is 0 Å². The van der Waals surface area contributed by atoms with E-state index in [1.807, 2.05) is 0 Å². The Bertz CT molecular complexity index is 163. The Kier molecular flexibility index (Phi) is 3.31. The largest absolute Gasteiger partial charge is 0.465 e. The summed E-state index contributed by atoms with van der Waals surface area (Å²) in [6.45, 7) is 1.55. The average molecular weight is 174 g/mol. The molecule has 5 heteroatoms. The first kappa shape index (κ1) is 9.28. The molecule has 3 N–H and O–H groups in total. The highest BCUT2D eigenvalue weighted by Gasteiger charge is 2.25. The summed E-state index contributed by atoms with van der Waals surface area (Å²) in [5.74, 6) is 0. The Morgan fingerprint density at radius 2 is 2.50 bits per heavy atom. The fourth-order valence-electron chi connectivity index (χ4n) is 1.40. The molecule has 1 aliphatic heterocycles. The molecule has 12 heavy (non-hydrogen) atoms. The van der Waals surface area contributed by atoms with Gasteiger partial charge in [0, 0.05) is 13.7 Å². The van der Waals surface area contributed by atoms with Gasteiger partial charge in [0.1, 0.15) is 0 Å². The van der Waals surface area contributed by atoms with Crippen LogP contribution < -0.4 is 10.6 Å². The molecule has 0 spiro atoms. The maximum atomic E-state index is 10.3. The molecule has 1 unspecified atom stereocenters. The predicted octanol–water partition coefficient (Wildman–Crippen LogP) is -0.369. The van der Waals surface area contributed by atoms with Gasteiger partial charge in [0.05, 0.1) is 12.1 Å². The molecule has 0 saturated carbocycles. The van der Waals surface area contributed by atoms with Crippen LogP contribution in [0.5, 0.6) is 0 Å². The first-order valence-corrected chi connectivity index (χ1v) is 3.97. The smallest absolute Gasteiger partial charge is 0.404 e. The first-order chi connectivity index (χ1) is 5.74. The SMILES string of the molecule is COC1CNCC[C@H]1NC(=O)O. The number of ether oxygens (including phenoxy) is 1. The lowest BCUT2D eigenvalue weighted by atomic mass is 10.0. The van der Waals surface area contributed by atoms with Crippen LogP contribution in [0.4, 0.5) is 4.79 Å². The number of piperidine rings is 1. The molecule has 1 aliphatic rings. The Morgan fingerprint density at radius 1 is 1.75 bits per heavy atom. The molecule has 0 aromatic rings. The highest BCUT2D eigenvalue weighted by molar-refractivity contribution is 5.64. The summed E-state index contributed by atoms with van der Waals surface area (Å²) in [5.41, 5.74) is 0. The van der Waals surface area contributed by atoms with Crippen molar-refractivity contribution in [3.05, 3.63) is 0 Å². The summed E-state index contributed by atoms with van der Waals surface area (Å²) in [6.07, 6.45) is -0.246. The fourth-order valence-corrected chi connectivity index (χ4v) is 1.40. The molecule has 1 saturated heterocycles. The van der Waals surface area contributed by atoms with E-state index in [9.17, 15) is 4.79 Å². The van der Waals surface area contributed by atoms with E-state index in [1.54, 1.807) is 7.11 Å². The van der Waals surface area contributed by atoms with Crippen LogP contribution in [-0.2, 0) is 4.74 Å². The normalized spacial score (nSPS) is 29.8. The van der Waals surface area contributed by atoms with Crippen LogP contribution in [0.3, 0.4) is 0 Å². The van der Waals surface area contributed by atoms with E-state index >= 15 is 0 Å². The number of nitrogens with one attached hydrogen (secondary N) is 2. The molecule has 1 fully saturated rings. The molecule has 0 aromatic carbocycles. The molecule has 1 heterocycles. The Balaban J connectivity index is 2.41. The van der Waals surface area contributed by atoms with Gasteiger partial charge in [-0.3, -0.25) is 0 Å². The van der Waals surface area contributed by atoms with Crippen LogP contribution >= 0.6 is 0 Å². The lowest BCUT2D eigenvalue weighted by Gasteiger charge is -2.30. The molecule has 2 atom stereocenters. The minimum atomic E-state index is -0.982. The molecule has 0 aliphatic carbocycles. The van der Waals surface area contributed by atoms with Gasteiger partial charge >= 0.3 is 6.09 Å². The van der Waals surface area contributed by atoms with Crippen LogP contribution in [0, 0.1) is 0 Å². The van der Waals surface area contributed by atoms with E-state index < -0.39 is 6.09 Å². The van der Waals surface area contributed by atoms with Crippen molar-refractivity contribution >= 4 is 6.09 Å². The summed E-state index contributed by atoms with van der Waals surface area (Å²) in [4.78, 5) is 10.3. The molecule has 1 rings (SSSR count). The highest BCUT2D eigenvalue weighted by atomic mass is 16.5. The van der Waals surface area contributed by atoms with E-state index in [0.29, 0.717) is 6.54 Å². The number of hydrogen-bond donors (Lipinski definition) is 3. The van der Waals surface area contributed by atoms with E-state index in [0.717, 1.165) is 13.0 Å². The second-order valence-corrected chi connectivity index (χ2v) is 2.82. The number of rotatable bonds is 2. The van der Waals surface area contributed by atoms with Crippen molar-refractivity contribution in [2.45, 2.75) is 18.6 Å². The fraction of sp³-hybridized carbons (Fsp3) is 0.857. The van der Waals surface area contributed by atoms with Crippen molar-refractivity contribution < 1.29 is 14.6 Å². The van der Waals surface area contributed by atoms with Gasteiger partial charge in [-0.25, -0.2) is 4.79 Å². The maximum Gasteiger partial charge on any atom is 0.404 e. The first-order valence-electron chi connectivity index (χ1n) is 3.97. The standard InChI is InChI=1S/C7H14N2O3/c1-12-6-4-8-3-2-5(6)9-7(10)11/h5-6,8-9H,2-4H2,1H3,(H,10,11)/t5-,6?/m1/s1. The topological polar surface area (TPSA) is 70.6 Å². The third-order valence-corrected chi connectivity index (χ3v) is 2.04. The molecule has 0 radical (unpaired) electrons. The lowest BCUT2D eigenvalue weighted by Crippen LogP contribution is -2.53. The summed E-state index contributed by atoms with van der Waals surface area (Å²) >= 11 is 0. The van der Waals surface area contributed by atoms with Gasteiger partial charge in [0.2, 0.25) is 0 Å². The van der Waals surface area contributed by atoms with Crippen LogP contribution in [0.1, 0.15) is 6.42 Å². The van der Waals surface area contributed by atoms with E-state index in [4.69, 9.17) is 9.84 Å². The Labute approximate surface area is 71.1 Å². The zero-order valence-corrected chi connectivity index (χ0v) is 7.04. The zero-order chi connectivity index (χ0) is 8.97. The number of carbonyl (C=O) groups is 1. The molecular formula is C7H14N2O3. The minimum absolute atomic E-state index is 0.0464.